The third-order valence-corrected chi connectivity index (χ3v) is 14.4. The van der Waals surface area contributed by atoms with Gasteiger partial charge in [-0.25, -0.2) is 13.1 Å². The van der Waals surface area contributed by atoms with Gasteiger partial charge in [-0.05, 0) is 132 Å². The van der Waals surface area contributed by atoms with Gasteiger partial charge in [-0.3, -0.25) is 9.69 Å². The van der Waals surface area contributed by atoms with Gasteiger partial charge < -0.3 is 19.1 Å². The van der Waals surface area contributed by atoms with Crippen molar-refractivity contribution in [3.8, 4) is 5.75 Å². The Morgan fingerprint density at radius 2 is 1.70 bits per heavy atom. The summed E-state index contributed by atoms with van der Waals surface area (Å²) in [5.41, 5.74) is 3.49. The number of nitrogens with one attached hydrogen (secondary N) is 1. The summed E-state index contributed by atoms with van der Waals surface area (Å²) < 4.78 is 49.0. The number of sulfonamides is 1. The number of aryl methyl sites for hydroxylation is 1. The first-order valence-electron chi connectivity index (χ1n) is 18.6. The highest BCUT2D eigenvalue weighted by molar-refractivity contribution is 7.90. The van der Waals surface area contributed by atoms with Crippen molar-refractivity contribution in [1.82, 2.24) is 9.62 Å². The molecule has 4 aliphatic rings. The molecule has 6 rings (SSSR count). The van der Waals surface area contributed by atoms with Gasteiger partial charge in [0.25, 0.3) is 5.91 Å². The number of likely N-dealkylation sites (N-methyl/N-ethyl adjacent to an activating group) is 1. The number of anilines is 1. The Morgan fingerprint density at radius 3 is 2.42 bits per heavy atom. The molecule has 0 unspecified atom stereocenters. The standard InChI is InChI=1S/C39H56ClN3O6S/c1-26-9-8-11-34(38-48-24-39(3,25-49-38)42(4)5)33-16-13-31(33)23-43-19-7-6-10-29-21-32(40)15-12-28(29)18-20-47-36-17-14-30(22-35(36)43)37(44)41-50(45,46)27(26)2/h12,14-15,17,21-22,26-27,31,33-34,38H,6-11,13,16,18-20,23-25H2,1-5H3,(H,41,44)/t26-,27+,31-,33+,34+,38-,39-/m0/s1. The highest BCUT2D eigenvalue weighted by atomic mass is 35.5. The Hall–Kier alpha value is -2.37. The van der Waals surface area contributed by atoms with Crippen molar-refractivity contribution in [1.29, 1.82) is 0 Å². The van der Waals surface area contributed by atoms with Gasteiger partial charge in [0, 0.05) is 36.0 Å². The smallest absolute Gasteiger partial charge is 0.264 e. The number of fused-ring (bicyclic) bond motifs is 3. The Balaban J connectivity index is 1.34. The molecule has 1 saturated carbocycles. The van der Waals surface area contributed by atoms with Crippen LogP contribution in [0, 0.1) is 23.7 Å². The van der Waals surface area contributed by atoms with Crippen LogP contribution < -0.4 is 14.4 Å². The molecule has 2 fully saturated rings. The van der Waals surface area contributed by atoms with Gasteiger partial charge in [0.2, 0.25) is 10.0 Å². The summed E-state index contributed by atoms with van der Waals surface area (Å²) in [6, 6.07) is 11.5. The molecular formula is C39H56ClN3O6S. The summed E-state index contributed by atoms with van der Waals surface area (Å²) >= 11 is 6.40. The van der Waals surface area contributed by atoms with Crippen LogP contribution >= 0.6 is 11.6 Å². The van der Waals surface area contributed by atoms with E-state index in [2.05, 4.69) is 47.7 Å². The molecule has 1 saturated heterocycles. The number of ether oxygens (including phenoxy) is 3. The predicted octanol–water partition coefficient (Wildman–Crippen LogP) is 6.71. The van der Waals surface area contributed by atoms with Crippen molar-refractivity contribution in [2.75, 3.05) is 51.9 Å². The first-order chi connectivity index (χ1) is 23.8. The molecule has 0 aromatic heterocycles. The fraction of sp³-hybridized carbons (Fsp3) is 0.667. The lowest BCUT2D eigenvalue weighted by Gasteiger charge is -2.50. The Bertz CT molecular complexity index is 1610. The van der Waals surface area contributed by atoms with Crippen LogP contribution in [0.15, 0.2) is 36.4 Å². The molecule has 9 nitrogen and oxygen atoms in total. The zero-order valence-corrected chi connectivity index (χ0v) is 32.0. The number of carbonyl (C=O) groups is 1. The maximum absolute atomic E-state index is 13.5. The lowest BCUT2D eigenvalue weighted by Crippen LogP contribution is -2.57. The van der Waals surface area contributed by atoms with E-state index in [1.54, 1.807) is 13.0 Å². The minimum absolute atomic E-state index is 0.127. The van der Waals surface area contributed by atoms with Crippen LogP contribution in [0.1, 0.15) is 87.2 Å². The number of carbonyl (C=O) groups excluding carboxylic acids is 1. The molecule has 0 radical (unpaired) electrons. The molecule has 5 atom stereocenters. The number of hydrogen-bond donors (Lipinski definition) is 1. The topological polar surface area (TPSA) is 97.4 Å². The Morgan fingerprint density at radius 1 is 0.920 bits per heavy atom. The van der Waals surface area contributed by atoms with Crippen LogP contribution in [0.5, 0.6) is 5.75 Å². The Labute approximate surface area is 304 Å². The van der Waals surface area contributed by atoms with E-state index >= 15 is 0 Å². The fourth-order valence-electron chi connectivity index (χ4n) is 8.13. The molecule has 276 valence electrons. The number of nitrogens with zero attached hydrogens (tertiary/aromatic N) is 2. The van der Waals surface area contributed by atoms with Crippen molar-refractivity contribution in [3.05, 3.63) is 58.1 Å². The van der Waals surface area contributed by atoms with Gasteiger partial charge in [-0.2, -0.15) is 0 Å². The SMILES string of the molecule is C[C@@H]1[C@@H](C)CCC[C@@H]([C@H]2OC[C@](C)(N(C)C)CO2)[C@@H]2CC[C@H]2CN2CCCCc3cc(Cl)ccc3CCOc3ccc(cc32)C(=O)NS1(=O)=O. The van der Waals surface area contributed by atoms with Crippen LogP contribution in [-0.4, -0.2) is 83.3 Å². The largest absolute Gasteiger partial charge is 0.491 e. The van der Waals surface area contributed by atoms with Gasteiger partial charge in [0.15, 0.2) is 6.29 Å². The van der Waals surface area contributed by atoms with Crippen LogP contribution in [-0.2, 0) is 32.3 Å². The van der Waals surface area contributed by atoms with E-state index in [0.29, 0.717) is 43.0 Å². The van der Waals surface area contributed by atoms with E-state index in [9.17, 15) is 13.2 Å². The van der Waals surface area contributed by atoms with Gasteiger partial charge in [-0.15, -0.1) is 0 Å². The summed E-state index contributed by atoms with van der Waals surface area (Å²) in [5, 5.41) is 0.0297. The number of benzene rings is 2. The summed E-state index contributed by atoms with van der Waals surface area (Å²) in [6.45, 7) is 9.15. The van der Waals surface area contributed by atoms with Gasteiger partial charge in [-0.1, -0.05) is 31.0 Å². The van der Waals surface area contributed by atoms with Crippen LogP contribution in [0.25, 0.3) is 0 Å². The van der Waals surface area contributed by atoms with Crippen molar-refractivity contribution >= 4 is 33.2 Å². The minimum Gasteiger partial charge on any atom is -0.491 e. The maximum Gasteiger partial charge on any atom is 0.264 e. The third-order valence-electron chi connectivity index (χ3n) is 12.2. The molecule has 3 aliphatic heterocycles. The first-order valence-corrected chi connectivity index (χ1v) is 20.5. The first kappa shape index (κ1) is 37.4. The molecule has 0 spiro atoms. The molecule has 1 amide bonds. The van der Waals surface area contributed by atoms with Crippen LogP contribution in [0.4, 0.5) is 5.69 Å². The number of hydrogen-bond acceptors (Lipinski definition) is 8. The lowest BCUT2D eigenvalue weighted by atomic mass is 9.65. The van der Waals surface area contributed by atoms with Crippen LogP contribution in [0.3, 0.4) is 0 Å². The molecule has 3 heterocycles. The monoisotopic (exact) mass is 729 g/mol. The molecular weight excluding hydrogens is 674 g/mol. The highest BCUT2D eigenvalue weighted by Crippen LogP contribution is 2.46. The zero-order valence-electron chi connectivity index (χ0n) is 30.5. The molecule has 11 heteroatoms. The van der Waals surface area contributed by atoms with E-state index in [0.717, 1.165) is 81.6 Å². The number of rotatable bonds is 2. The predicted molar refractivity (Wildman–Crippen MR) is 199 cm³/mol. The van der Waals surface area contributed by atoms with Gasteiger partial charge in [0.05, 0.1) is 36.3 Å². The zero-order chi connectivity index (χ0) is 35.6. The van der Waals surface area contributed by atoms with Gasteiger partial charge >= 0.3 is 0 Å². The van der Waals surface area contributed by atoms with Crippen molar-refractivity contribution < 1.29 is 27.4 Å². The number of halogens is 1. The average Bonchev–Trinajstić information content (AvgIpc) is 3.06. The van der Waals surface area contributed by atoms with Crippen molar-refractivity contribution in [3.63, 3.8) is 0 Å². The second-order valence-corrected chi connectivity index (χ2v) is 18.2. The summed E-state index contributed by atoms with van der Waals surface area (Å²) in [7, 11) is 0.230. The quantitative estimate of drug-likeness (QED) is 0.365. The summed E-state index contributed by atoms with van der Waals surface area (Å²) in [5.74, 6) is 1.03. The van der Waals surface area contributed by atoms with Crippen LogP contribution in [0.2, 0.25) is 5.02 Å². The van der Waals surface area contributed by atoms with Crippen molar-refractivity contribution in [2.24, 2.45) is 23.7 Å². The maximum atomic E-state index is 13.5. The normalized spacial score (nSPS) is 32.6. The summed E-state index contributed by atoms with van der Waals surface area (Å²) in [6.07, 6.45) is 8.07. The third kappa shape index (κ3) is 8.30. The van der Waals surface area contributed by atoms with E-state index in [-0.39, 0.29) is 23.7 Å². The van der Waals surface area contributed by atoms with Gasteiger partial charge in [0.1, 0.15) is 5.75 Å². The van der Waals surface area contributed by atoms with E-state index in [1.165, 1.54) is 11.1 Å². The van der Waals surface area contributed by atoms with Crippen molar-refractivity contribution in [2.45, 2.75) is 95.6 Å². The highest BCUT2D eigenvalue weighted by Gasteiger charge is 2.45. The molecule has 50 heavy (non-hydrogen) atoms. The van der Waals surface area contributed by atoms with E-state index in [1.807, 2.05) is 25.1 Å². The minimum atomic E-state index is -3.91. The number of amides is 1. The molecule has 1 aliphatic carbocycles. The Kier molecular flexibility index (Phi) is 11.7. The molecule has 2 aromatic carbocycles. The average molecular weight is 730 g/mol. The molecule has 1 N–H and O–H groups in total. The van der Waals surface area contributed by atoms with E-state index < -0.39 is 21.2 Å². The molecule has 2 aromatic rings. The lowest BCUT2D eigenvalue weighted by molar-refractivity contribution is -0.260. The summed E-state index contributed by atoms with van der Waals surface area (Å²) in [4.78, 5) is 18.1. The fourth-order valence-corrected chi connectivity index (χ4v) is 9.64. The molecule has 2 bridgehead atoms. The second-order valence-electron chi connectivity index (χ2n) is 15.7. The second kappa shape index (κ2) is 15.7. The van der Waals surface area contributed by atoms with E-state index in [4.69, 9.17) is 25.8 Å².